The second-order valence-electron chi connectivity index (χ2n) is 5.47. The van der Waals surface area contributed by atoms with Crippen molar-refractivity contribution >= 4 is 17.6 Å². The number of pyridine rings is 1. The van der Waals surface area contributed by atoms with Crippen LogP contribution in [0.25, 0.3) is 0 Å². The average Bonchev–Trinajstić information content (AvgIpc) is 2.52. The molecule has 1 aromatic rings. The number of hydrogen-bond acceptors (Lipinski definition) is 4. The second kappa shape index (κ2) is 7.89. The molecule has 1 saturated heterocycles. The lowest BCUT2D eigenvalue weighted by Gasteiger charge is -2.32. The van der Waals surface area contributed by atoms with E-state index in [2.05, 4.69) is 59.9 Å². The van der Waals surface area contributed by atoms with Gasteiger partial charge in [-0.15, -0.1) is 0 Å². The number of nitrogens with zero attached hydrogens (tertiary/aromatic N) is 2. The maximum absolute atomic E-state index is 4.68. The molecule has 0 spiro atoms. The Labute approximate surface area is 127 Å². The molecule has 1 aromatic heterocycles. The topological polar surface area (TPSA) is 28.2 Å². The summed E-state index contributed by atoms with van der Waals surface area (Å²) in [6.45, 7) is 9.99. The van der Waals surface area contributed by atoms with Crippen molar-refractivity contribution in [2.75, 3.05) is 30.3 Å². The summed E-state index contributed by atoms with van der Waals surface area (Å²) in [5.41, 5.74) is 1.28. The van der Waals surface area contributed by atoms with E-state index in [1.807, 2.05) is 6.20 Å². The number of anilines is 1. The summed E-state index contributed by atoms with van der Waals surface area (Å²) >= 11 is 2.10. The van der Waals surface area contributed by atoms with Crippen molar-refractivity contribution in [2.45, 2.75) is 44.9 Å². The zero-order chi connectivity index (χ0) is 14.4. The fraction of sp³-hybridized carbons (Fsp3) is 0.688. The van der Waals surface area contributed by atoms with Crippen molar-refractivity contribution in [3.8, 4) is 0 Å². The molecule has 2 unspecified atom stereocenters. The van der Waals surface area contributed by atoms with Gasteiger partial charge in [0.1, 0.15) is 5.82 Å². The second-order valence-corrected chi connectivity index (χ2v) is 6.88. The normalized spacial score (nSPS) is 20.9. The third-order valence-corrected chi connectivity index (χ3v) is 5.26. The minimum atomic E-state index is 0.386. The Balaban J connectivity index is 1.97. The largest absolute Gasteiger partial charge is 0.355 e. The summed E-state index contributed by atoms with van der Waals surface area (Å²) < 4.78 is 0. The SMILES string of the molecule is CCCNC(C)c1ccc(N2CCSC(CC)C2)nc1. The zero-order valence-corrected chi connectivity index (χ0v) is 13.7. The van der Waals surface area contributed by atoms with Gasteiger partial charge < -0.3 is 10.2 Å². The van der Waals surface area contributed by atoms with Crippen LogP contribution in [0.4, 0.5) is 5.82 Å². The number of nitrogens with one attached hydrogen (secondary N) is 1. The Kier molecular flexibility index (Phi) is 6.17. The van der Waals surface area contributed by atoms with Gasteiger partial charge in [-0.3, -0.25) is 0 Å². The Bertz CT molecular complexity index is 393. The highest BCUT2D eigenvalue weighted by Crippen LogP contribution is 2.25. The Hall–Kier alpha value is -0.740. The molecule has 2 rings (SSSR count). The fourth-order valence-corrected chi connectivity index (χ4v) is 3.67. The van der Waals surface area contributed by atoms with Crippen LogP contribution in [0.3, 0.4) is 0 Å². The van der Waals surface area contributed by atoms with E-state index in [0.29, 0.717) is 6.04 Å². The van der Waals surface area contributed by atoms with Gasteiger partial charge in [-0.05, 0) is 37.9 Å². The van der Waals surface area contributed by atoms with Crippen LogP contribution in [0.2, 0.25) is 0 Å². The van der Waals surface area contributed by atoms with Crippen molar-refractivity contribution in [1.82, 2.24) is 10.3 Å². The van der Waals surface area contributed by atoms with E-state index in [1.165, 1.54) is 24.2 Å². The van der Waals surface area contributed by atoms with Gasteiger partial charge in [0.15, 0.2) is 0 Å². The highest BCUT2D eigenvalue weighted by molar-refractivity contribution is 8.00. The molecule has 20 heavy (non-hydrogen) atoms. The van der Waals surface area contributed by atoms with Crippen LogP contribution in [-0.2, 0) is 0 Å². The lowest BCUT2D eigenvalue weighted by molar-refractivity contribution is 0.569. The van der Waals surface area contributed by atoms with Gasteiger partial charge in [-0.2, -0.15) is 11.8 Å². The smallest absolute Gasteiger partial charge is 0.128 e. The minimum Gasteiger partial charge on any atom is -0.355 e. The molecule has 0 saturated carbocycles. The Morgan fingerprint density at radius 3 is 2.95 bits per heavy atom. The predicted molar refractivity (Wildman–Crippen MR) is 89.7 cm³/mol. The first kappa shape index (κ1) is 15.6. The number of thioether (sulfide) groups is 1. The summed E-state index contributed by atoms with van der Waals surface area (Å²) in [6, 6.07) is 4.79. The molecule has 2 heterocycles. The fourth-order valence-electron chi connectivity index (χ4n) is 2.49. The highest BCUT2D eigenvalue weighted by atomic mass is 32.2. The molecule has 1 aliphatic heterocycles. The third-order valence-electron chi connectivity index (χ3n) is 3.89. The first-order chi connectivity index (χ1) is 9.74. The van der Waals surface area contributed by atoms with Crippen LogP contribution in [-0.4, -0.2) is 35.6 Å². The molecule has 0 amide bonds. The van der Waals surface area contributed by atoms with Gasteiger partial charge in [-0.1, -0.05) is 19.9 Å². The first-order valence-electron chi connectivity index (χ1n) is 7.80. The first-order valence-corrected chi connectivity index (χ1v) is 8.85. The molecule has 0 aromatic carbocycles. The average molecular weight is 293 g/mol. The minimum absolute atomic E-state index is 0.386. The van der Waals surface area contributed by atoms with Crippen LogP contribution in [0, 0.1) is 0 Å². The van der Waals surface area contributed by atoms with E-state index in [-0.39, 0.29) is 0 Å². The van der Waals surface area contributed by atoms with Gasteiger partial charge in [0.2, 0.25) is 0 Å². The van der Waals surface area contributed by atoms with Crippen LogP contribution < -0.4 is 10.2 Å². The third kappa shape index (κ3) is 4.13. The van der Waals surface area contributed by atoms with Gasteiger partial charge in [0, 0.05) is 36.3 Å². The van der Waals surface area contributed by atoms with E-state index in [9.17, 15) is 0 Å². The summed E-state index contributed by atoms with van der Waals surface area (Å²) in [5.74, 6) is 2.35. The van der Waals surface area contributed by atoms with E-state index in [0.717, 1.165) is 30.7 Å². The monoisotopic (exact) mass is 293 g/mol. The lowest BCUT2D eigenvalue weighted by Crippen LogP contribution is -2.38. The van der Waals surface area contributed by atoms with E-state index in [4.69, 9.17) is 0 Å². The predicted octanol–water partition coefficient (Wildman–Crippen LogP) is 3.47. The van der Waals surface area contributed by atoms with Gasteiger partial charge in [0.25, 0.3) is 0 Å². The van der Waals surface area contributed by atoms with Gasteiger partial charge in [-0.25, -0.2) is 4.98 Å². The van der Waals surface area contributed by atoms with E-state index < -0.39 is 0 Å². The molecule has 1 fully saturated rings. The molecule has 4 heteroatoms. The molecule has 112 valence electrons. The summed E-state index contributed by atoms with van der Waals surface area (Å²) in [7, 11) is 0. The molecule has 0 aliphatic carbocycles. The Morgan fingerprint density at radius 2 is 2.30 bits per heavy atom. The quantitative estimate of drug-likeness (QED) is 0.869. The van der Waals surface area contributed by atoms with Crippen molar-refractivity contribution in [2.24, 2.45) is 0 Å². The zero-order valence-electron chi connectivity index (χ0n) is 12.9. The van der Waals surface area contributed by atoms with Crippen LogP contribution >= 0.6 is 11.8 Å². The summed E-state index contributed by atoms with van der Waals surface area (Å²) in [4.78, 5) is 7.11. The van der Waals surface area contributed by atoms with Crippen LogP contribution in [0.5, 0.6) is 0 Å². The maximum atomic E-state index is 4.68. The molecule has 3 nitrogen and oxygen atoms in total. The van der Waals surface area contributed by atoms with Crippen LogP contribution in [0.1, 0.15) is 45.2 Å². The van der Waals surface area contributed by atoms with Gasteiger partial charge in [0.05, 0.1) is 0 Å². The van der Waals surface area contributed by atoms with E-state index in [1.54, 1.807) is 0 Å². The van der Waals surface area contributed by atoms with Crippen molar-refractivity contribution in [3.63, 3.8) is 0 Å². The molecule has 1 aliphatic rings. The highest BCUT2D eigenvalue weighted by Gasteiger charge is 2.20. The lowest BCUT2D eigenvalue weighted by atomic mass is 10.1. The molecular formula is C16H27N3S. The molecule has 0 bridgehead atoms. The van der Waals surface area contributed by atoms with E-state index >= 15 is 0 Å². The molecule has 0 radical (unpaired) electrons. The van der Waals surface area contributed by atoms with Crippen LogP contribution in [0.15, 0.2) is 18.3 Å². The van der Waals surface area contributed by atoms with Gasteiger partial charge >= 0.3 is 0 Å². The number of hydrogen-bond donors (Lipinski definition) is 1. The van der Waals surface area contributed by atoms with Crippen molar-refractivity contribution in [3.05, 3.63) is 23.9 Å². The molecular weight excluding hydrogens is 266 g/mol. The number of rotatable bonds is 6. The van der Waals surface area contributed by atoms with Crippen molar-refractivity contribution < 1.29 is 0 Å². The summed E-state index contributed by atoms with van der Waals surface area (Å²) in [6.07, 6.45) is 4.45. The Morgan fingerprint density at radius 1 is 1.45 bits per heavy atom. The molecule has 2 atom stereocenters. The maximum Gasteiger partial charge on any atom is 0.128 e. The van der Waals surface area contributed by atoms with Crippen molar-refractivity contribution in [1.29, 1.82) is 0 Å². The molecule has 1 N–H and O–H groups in total. The standard InChI is InChI=1S/C16H27N3S/c1-4-8-17-13(3)14-6-7-16(18-11-14)19-9-10-20-15(5-2)12-19/h6-7,11,13,15,17H,4-5,8-10,12H2,1-3H3. The summed E-state index contributed by atoms with van der Waals surface area (Å²) in [5, 5.41) is 4.27. The number of aromatic nitrogens is 1.